The molecule has 0 spiro atoms. The molecule has 1 N–H and O–H groups in total. The van der Waals surface area contributed by atoms with E-state index in [1.807, 2.05) is 41.3 Å². The summed E-state index contributed by atoms with van der Waals surface area (Å²) in [5.74, 6) is 0.135. The summed E-state index contributed by atoms with van der Waals surface area (Å²) in [4.78, 5) is 14.9. The average Bonchev–Trinajstić information content (AvgIpc) is 2.54. The third-order valence-electron chi connectivity index (χ3n) is 4.12. The quantitative estimate of drug-likeness (QED) is 0.912. The van der Waals surface area contributed by atoms with Crippen molar-refractivity contribution in [2.75, 3.05) is 16.8 Å². The van der Waals surface area contributed by atoms with Crippen molar-refractivity contribution in [3.8, 4) is 0 Å². The van der Waals surface area contributed by atoms with Crippen molar-refractivity contribution in [3.05, 3.63) is 59.7 Å². The molecule has 1 amide bonds. The standard InChI is InChI=1S/C19H22N2O/c1-3-4-12-21-17-11-10-14(2)13-16(17)20-18(19(21)22)15-8-6-5-7-9-15/h5-11,13,18,20H,3-4,12H2,1-2H3. The van der Waals surface area contributed by atoms with Gasteiger partial charge in [-0.05, 0) is 36.6 Å². The van der Waals surface area contributed by atoms with Crippen LogP contribution in [-0.4, -0.2) is 12.5 Å². The molecular formula is C19H22N2O. The molecule has 0 radical (unpaired) electrons. The summed E-state index contributed by atoms with van der Waals surface area (Å²) in [5, 5.41) is 3.42. The third-order valence-corrected chi connectivity index (χ3v) is 4.12. The fraction of sp³-hybridized carbons (Fsp3) is 0.316. The van der Waals surface area contributed by atoms with E-state index in [9.17, 15) is 4.79 Å². The van der Waals surface area contributed by atoms with Crippen LogP contribution in [-0.2, 0) is 4.79 Å². The maximum absolute atomic E-state index is 12.9. The summed E-state index contributed by atoms with van der Waals surface area (Å²) in [6.45, 7) is 5.00. The lowest BCUT2D eigenvalue weighted by Crippen LogP contribution is -2.42. The van der Waals surface area contributed by atoms with Gasteiger partial charge in [0.2, 0.25) is 0 Å². The van der Waals surface area contributed by atoms with Crippen LogP contribution in [0.5, 0.6) is 0 Å². The van der Waals surface area contributed by atoms with Gasteiger partial charge in [0.25, 0.3) is 5.91 Å². The first-order valence-corrected chi connectivity index (χ1v) is 7.94. The molecule has 0 fully saturated rings. The summed E-state index contributed by atoms with van der Waals surface area (Å²) in [6.07, 6.45) is 2.09. The first-order chi connectivity index (χ1) is 10.7. The van der Waals surface area contributed by atoms with E-state index < -0.39 is 0 Å². The van der Waals surface area contributed by atoms with Crippen molar-refractivity contribution >= 4 is 17.3 Å². The molecule has 1 atom stereocenters. The molecule has 3 rings (SSSR count). The molecule has 114 valence electrons. The topological polar surface area (TPSA) is 32.3 Å². The summed E-state index contributed by atoms with van der Waals surface area (Å²) < 4.78 is 0. The number of amides is 1. The van der Waals surface area contributed by atoms with Crippen LogP contribution in [0.4, 0.5) is 11.4 Å². The molecule has 0 aliphatic carbocycles. The molecule has 2 aromatic carbocycles. The number of fused-ring (bicyclic) bond motifs is 1. The van der Waals surface area contributed by atoms with Gasteiger partial charge in [-0.25, -0.2) is 0 Å². The Balaban J connectivity index is 2.01. The second-order valence-corrected chi connectivity index (χ2v) is 5.85. The van der Waals surface area contributed by atoms with E-state index in [0.29, 0.717) is 0 Å². The van der Waals surface area contributed by atoms with E-state index in [4.69, 9.17) is 0 Å². The average molecular weight is 294 g/mol. The Bertz CT molecular complexity index is 666. The zero-order valence-electron chi connectivity index (χ0n) is 13.2. The first kappa shape index (κ1) is 14.6. The predicted molar refractivity (Wildman–Crippen MR) is 91.2 cm³/mol. The van der Waals surface area contributed by atoms with Crippen molar-refractivity contribution in [3.63, 3.8) is 0 Å². The molecule has 1 aliphatic heterocycles. The Labute approximate surface area is 132 Å². The SMILES string of the molecule is CCCCN1C(=O)C(c2ccccc2)Nc2cc(C)ccc21. The Hall–Kier alpha value is -2.29. The second kappa shape index (κ2) is 6.22. The van der Waals surface area contributed by atoms with E-state index in [0.717, 1.165) is 36.3 Å². The Morgan fingerprint density at radius 1 is 1.14 bits per heavy atom. The van der Waals surface area contributed by atoms with Gasteiger partial charge in [0.05, 0.1) is 11.4 Å². The van der Waals surface area contributed by atoms with Crippen LogP contribution in [0.3, 0.4) is 0 Å². The van der Waals surface area contributed by atoms with Gasteiger partial charge in [0.15, 0.2) is 0 Å². The van der Waals surface area contributed by atoms with Gasteiger partial charge in [0.1, 0.15) is 6.04 Å². The van der Waals surface area contributed by atoms with Gasteiger partial charge in [0, 0.05) is 6.54 Å². The number of nitrogens with zero attached hydrogens (tertiary/aromatic N) is 1. The first-order valence-electron chi connectivity index (χ1n) is 7.94. The number of hydrogen-bond donors (Lipinski definition) is 1. The van der Waals surface area contributed by atoms with Gasteiger partial charge in [-0.1, -0.05) is 49.7 Å². The molecule has 1 heterocycles. The fourth-order valence-corrected chi connectivity index (χ4v) is 2.91. The number of nitrogens with one attached hydrogen (secondary N) is 1. The van der Waals surface area contributed by atoms with Crippen LogP contribution >= 0.6 is 0 Å². The molecular weight excluding hydrogens is 272 g/mol. The van der Waals surface area contributed by atoms with Crippen molar-refractivity contribution in [1.29, 1.82) is 0 Å². The van der Waals surface area contributed by atoms with E-state index in [2.05, 4.69) is 31.3 Å². The second-order valence-electron chi connectivity index (χ2n) is 5.85. The van der Waals surface area contributed by atoms with Crippen molar-refractivity contribution < 1.29 is 4.79 Å². The minimum atomic E-state index is -0.299. The number of hydrogen-bond acceptors (Lipinski definition) is 2. The number of carbonyl (C=O) groups excluding carboxylic acids is 1. The Kier molecular flexibility index (Phi) is 4.14. The lowest BCUT2D eigenvalue weighted by atomic mass is 10.00. The fourth-order valence-electron chi connectivity index (χ4n) is 2.91. The van der Waals surface area contributed by atoms with Crippen LogP contribution < -0.4 is 10.2 Å². The largest absolute Gasteiger partial charge is 0.368 e. The molecule has 3 nitrogen and oxygen atoms in total. The number of carbonyl (C=O) groups is 1. The molecule has 3 heteroatoms. The van der Waals surface area contributed by atoms with E-state index in [1.165, 1.54) is 5.56 Å². The number of rotatable bonds is 4. The normalized spacial score (nSPS) is 17.1. The third kappa shape index (κ3) is 2.71. The summed E-state index contributed by atoms with van der Waals surface area (Å²) in [6, 6.07) is 15.9. The van der Waals surface area contributed by atoms with Crippen LogP contribution in [0.2, 0.25) is 0 Å². The highest BCUT2D eigenvalue weighted by Gasteiger charge is 2.32. The molecule has 22 heavy (non-hydrogen) atoms. The lowest BCUT2D eigenvalue weighted by molar-refractivity contribution is -0.119. The molecule has 1 aliphatic rings. The molecule has 0 bridgehead atoms. The highest BCUT2D eigenvalue weighted by atomic mass is 16.2. The molecule has 2 aromatic rings. The van der Waals surface area contributed by atoms with Crippen LogP contribution in [0, 0.1) is 6.92 Å². The van der Waals surface area contributed by atoms with E-state index in [-0.39, 0.29) is 11.9 Å². The zero-order chi connectivity index (χ0) is 15.5. The summed E-state index contributed by atoms with van der Waals surface area (Å²) >= 11 is 0. The van der Waals surface area contributed by atoms with Gasteiger partial charge in [-0.2, -0.15) is 0 Å². The minimum Gasteiger partial charge on any atom is -0.368 e. The Morgan fingerprint density at radius 2 is 1.91 bits per heavy atom. The number of anilines is 2. The highest BCUT2D eigenvalue weighted by Crippen LogP contribution is 2.37. The van der Waals surface area contributed by atoms with Gasteiger partial charge in [-0.3, -0.25) is 4.79 Å². The summed E-state index contributed by atoms with van der Waals surface area (Å²) in [7, 11) is 0. The van der Waals surface area contributed by atoms with Gasteiger partial charge in [-0.15, -0.1) is 0 Å². The Morgan fingerprint density at radius 3 is 2.64 bits per heavy atom. The number of aryl methyl sites for hydroxylation is 1. The maximum atomic E-state index is 12.9. The molecule has 0 aromatic heterocycles. The van der Waals surface area contributed by atoms with Crippen molar-refractivity contribution in [1.82, 2.24) is 0 Å². The lowest BCUT2D eigenvalue weighted by Gasteiger charge is -2.36. The van der Waals surface area contributed by atoms with Gasteiger partial charge < -0.3 is 10.2 Å². The smallest absolute Gasteiger partial charge is 0.254 e. The van der Waals surface area contributed by atoms with E-state index in [1.54, 1.807) is 0 Å². The van der Waals surface area contributed by atoms with E-state index >= 15 is 0 Å². The van der Waals surface area contributed by atoms with Gasteiger partial charge >= 0.3 is 0 Å². The molecule has 1 unspecified atom stereocenters. The van der Waals surface area contributed by atoms with Crippen molar-refractivity contribution in [2.45, 2.75) is 32.7 Å². The van der Waals surface area contributed by atoms with Crippen LogP contribution in [0.25, 0.3) is 0 Å². The summed E-state index contributed by atoms with van der Waals surface area (Å²) in [5.41, 5.74) is 4.25. The highest BCUT2D eigenvalue weighted by molar-refractivity contribution is 6.05. The minimum absolute atomic E-state index is 0.135. The monoisotopic (exact) mass is 294 g/mol. The van der Waals surface area contributed by atoms with Crippen LogP contribution in [0.1, 0.15) is 36.9 Å². The predicted octanol–water partition coefficient (Wildman–Crippen LogP) is 4.29. The maximum Gasteiger partial charge on any atom is 0.254 e. The molecule has 0 saturated carbocycles. The van der Waals surface area contributed by atoms with Crippen LogP contribution in [0.15, 0.2) is 48.5 Å². The van der Waals surface area contributed by atoms with Crippen molar-refractivity contribution in [2.24, 2.45) is 0 Å². The zero-order valence-corrected chi connectivity index (χ0v) is 13.2. The number of unbranched alkanes of at least 4 members (excludes halogenated alkanes) is 1. The number of benzene rings is 2. The molecule has 0 saturated heterocycles.